The van der Waals surface area contributed by atoms with Crippen LogP contribution in [0.1, 0.15) is 48.9 Å². The van der Waals surface area contributed by atoms with Crippen LogP contribution in [0.15, 0.2) is 83.8 Å². The number of nitrogens with zero attached hydrogens (tertiary/aromatic N) is 1. The Morgan fingerprint density at radius 2 is 1.74 bits per heavy atom. The molecule has 0 heterocycles. The third-order valence-corrected chi connectivity index (χ3v) is 8.90. The second kappa shape index (κ2) is 13.4. The number of sulfonamides is 1. The van der Waals surface area contributed by atoms with E-state index in [1.807, 2.05) is 30.3 Å². The number of nitrogens with one attached hydrogen (secondary N) is 2. The van der Waals surface area contributed by atoms with Gasteiger partial charge >= 0.3 is 0 Å². The number of benzene rings is 3. The highest BCUT2D eigenvalue weighted by Crippen LogP contribution is 2.31. The highest BCUT2D eigenvalue weighted by atomic mass is 32.2. The quantitative estimate of drug-likeness (QED) is 0.181. The summed E-state index contributed by atoms with van der Waals surface area (Å²) >= 11 is 0. The molecule has 0 saturated carbocycles. The first kappa shape index (κ1) is 28.3. The summed E-state index contributed by atoms with van der Waals surface area (Å²) in [6.07, 6.45) is 3.50. The Balaban J connectivity index is 1.36. The number of aliphatic hydroxyl groups is 1. The number of aliphatic hydroxyl groups excluding tert-OH is 1. The van der Waals surface area contributed by atoms with Gasteiger partial charge in [-0.25, -0.2) is 8.42 Å². The third kappa shape index (κ3) is 7.21. The number of anilines is 1. The van der Waals surface area contributed by atoms with Crippen LogP contribution in [0.5, 0.6) is 0 Å². The molecule has 3 atom stereocenters. The Hall–Kier alpha value is -2.75. The van der Waals surface area contributed by atoms with Crippen LogP contribution in [-0.4, -0.2) is 43.7 Å². The number of fused-ring (bicyclic) bond motifs is 1. The van der Waals surface area contributed by atoms with Crippen molar-refractivity contribution in [3.8, 4) is 0 Å². The van der Waals surface area contributed by atoms with Crippen molar-refractivity contribution in [3.63, 3.8) is 0 Å². The summed E-state index contributed by atoms with van der Waals surface area (Å²) in [5.74, 6) is 6.33. The van der Waals surface area contributed by atoms with Crippen molar-refractivity contribution < 1.29 is 13.5 Å². The Morgan fingerprint density at radius 1 is 1.03 bits per heavy atom. The molecular weight excluding hydrogens is 496 g/mol. The molecule has 38 heavy (non-hydrogen) atoms. The van der Waals surface area contributed by atoms with Crippen molar-refractivity contribution in [3.05, 3.63) is 95.6 Å². The van der Waals surface area contributed by atoms with Gasteiger partial charge in [0, 0.05) is 25.2 Å². The molecule has 0 radical (unpaired) electrons. The van der Waals surface area contributed by atoms with Crippen LogP contribution < -0.4 is 16.5 Å². The molecule has 5 N–H and O–H groups in total. The minimum Gasteiger partial charge on any atom is -0.391 e. The van der Waals surface area contributed by atoms with Gasteiger partial charge in [0.1, 0.15) is 0 Å². The first-order chi connectivity index (χ1) is 18.4. The van der Waals surface area contributed by atoms with Crippen molar-refractivity contribution in [2.24, 2.45) is 11.8 Å². The maximum absolute atomic E-state index is 13.0. The van der Waals surface area contributed by atoms with E-state index in [1.54, 1.807) is 24.3 Å². The number of hydrogen-bond donors (Lipinski definition) is 4. The van der Waals surface area contributed by atoms with Crippen LogP contribution in [0.25, 0.3) is 0 Å². The molecule has 3 aromatic carbocycles. The van der Waals surface area contributed by atoms with Gasteiger partial charge < -0.3 is 15.7 Å². The first-order valence-corrected chi connectivity index (χ1v) is 15.0. The second-order valence-corrected chi connectivity index (χ2v) is 12.0. The number of hydrogen-bond acceptors (Lipinski definition) is 6. The average Bonchev–Trinajstić information content (AvgIpc) is 3.25. The largest absolute Gasteiger partial charge is 0.391 e. The maximum atomic E-state index is 13.0. The van der Waals surface area contributed by atoms with Gasteiger partial charge in [-0.2, -0.15) is 0 Å². The summed E-state index contributed by atoms with van der Waals surface area (Å²) < 4.78 is 27.0. The van der Waals surface area contributed by atoms with Gasteiger partial charge in [0.2, 0.25) is 0 Å². The topological polar surface area (TPSA) is 108 Å². The molecule has 1 aliphatic carbocycles. The zero-order valence-electron chi connectivity index (χ0n) is 22.1. The Labute approximate surface area is 227 Å². The molecule has 204 valence electrons. The lowest BCUT2D eigenvalue weighted by molar-refractivity contribution is 0.138. The molecule has 7 nitrogen and oxygen atoms in total. The number of nitrogens with two attached hydrogens (primary N) is 1. The van der Waals surface area contributed by atoms with E-state index < -0.39 is 16.1 Å². The molecule has 0 aromatic heterocycles. The fourth-order valence-corrected chi connectivity index (χ4v) is 6.26. The van der Waals surface area contributed by atoms with E-state index in [2.05, 4.69) is 41.8 Å². The molecule has 4 rings (SSSR count). The highest BCUT2D eigenvalue weighted by molar-refractivity contribution is 7.89. The van der Waals surface area contributed by atoms with Crippen LogP contribution in [0.3, 0.4) is 0 Å². The average molecular weight is 537 g/mol. The van der Waals surface area contributed by atoms with Gasteiger partial charge in [0.15, 0.2) is 0 Å². The van der Waals surface area contributed by atoms with Gasteiger partial charge in [0.05, 0.1) is 17.0 Å². The van der Waals surface area contributed by atoms with Crippen LogP contribution in [-0.2, 0) is 22.9 Å². The Bertz CT molecular complexity index is 1250. The minimum absolute atomic E-state index is 0.0920. The SMILES string of the molecule is CCCNc1ccc(S(=O)(=O)N(N)CCCC(CNC2c3ccccc3CC2O)Cc2ccccc2)cc1. The van der Waals surface area contributed by atoms with E-state index in [1.165, 1.54) is 11.1 Å². The molecule has 1 aliphatic rings. The first-order valence-electron chi connectivity index (χ1n) is 13.5. The Morgan fingerprint density at radius 3 is 2.47 bits per heavy atom. The van der Waals surface area contributed by atoms with Gasteiger partial charge in [-0.15, -0.1) is 4.41 Å². The highest BCUT2D eigenvalue weighted by Gasteiger charge is 2.31. The van der Waals surface area contributed by atoms with E-state index in [4.69, 9.17) is 5.84 Å². The third-order valence-electron chi connectivity index (χ3n) is 7.23. The van der Waals surface area contributed by atoms with Gasteiger partial charge in [-0.05, 0) is 79.1 Å². The lowest BCUT2D eigenvalue weighted by Gasteiger charge is -2.24. The molecular formula is C30H40N4O3S. The molecule has 3 unspecified atom stereocenters. The smallest absolute Gasteiger partial charge is 0.255 e. The fourth-order valence-electron chi connectivity index (χ4n) is 5.14. The zero-order chi connectivity index (χ0) is 27.0. The summed E-state index contributed by atoms with van der Waals surface area (Å²) in [7, 11) is -3.76. The van der Waals surface area contributed by atoms with Gasteiger partial charge in [0.25, 0.3) is 10.0 Å². The monoisotopic (exact) mass is 536 g/mol. The molecule has 0 aliphatic heterocycles. The standard InChI is InChI=1S/C30H40N4O3S/c1-2-18-32-26-14-16-27(17-15-26)38(36,37)34(31)19-8-11-24(20-23-9-4-3-5-10-23)22-33-30-28-13-7-6-12-25(28)21-29(30)35/h3-7,9-10,12-17,24,29-30,32-33,35H,2,8,11,18-22,31H2,1H3. The van der Waals surface area contributed by atoms with E-state index >= 15 is 0 Å². The molecule has 8 heteroatoms. The normalized spacial score (nSPS) is 17.9. The van der Waals surface area contributed by atoms with Crippen molar-refractivity contribution in [2.45, 2.75) is 56.1 Å². The summed E-state index contributed by atoms with van der Waals surface area (Å²) in [5.41, 5.74) is 4.48. The predicted molar refractivity (Wildman–Crippen MR) is 153 cm³/mol. The Kier molecular flexibility index (Phi) is 9.93. The number of hydrazine groups is 1. The summed E-state index contributed by atoms with van der Waals surface area (Å²) in [5, 5.41) is 17.5. The lowest BCUT2D eigenvalue weighted by atomic mass is 9.94. The molecule has 0 bridgehead atoms. The van der Waals surface area contributed by atoms with Gasteiger partial charge in [-0.3, -0.25) is 5.84 Å². The molecule has 0 amide bonds. The maximum Gasteiger partial charge on any atom is 0.255 e. The minimum atomic E-state index is -3.76. The zero-order valence-corrected chi connectivity index (χ0v) is 22.9. The summed E-state index contributed by atoms with van der Waals surface area (Å²) in [6, 6.07) is 25.1. The van der Waals surface area contributed by atoms with Crippen molar-refractivity contribution >= 4 is 15.7 Å². The van der Waals surface area contributed by atoms with Crippen LogP contribution >= 0.6 is 0 Å². The van der Waals surface area contributed by atoms with Crippen molar-refractivity contribution in [1.29, 1.82) is 0 Å². The molecule has 3 aromatic rings. The summed E-state index contributed by atoms with van der Waals surface area (Å²) in [6.45, 7) is 3.86. The van der Waals surface area contributed by atoms with Crippen molar-refractivity contribution in [1.82, 2.24) is 9.73 Å². The summed E-state index contributed by atoms with van der Waals surface area (Å²) in [4.78, 5) is 0.193. The van der Waals surface area contributed by atoms with E-state index in [9.17, 15) is 13.5 Å². The second-order valence-electron chi connectivity index (χ2n) is 10.1. The van der Waals surface area contributed by atoms with E-state index in [-0.39, 0.29) is 23.4 Å². The van der Waals surface area contributed by atoms with E-state index in [0.717, 1.165) is 41.5 Å². The van der Waals surface area contributed by atoms with Gasteiger partial charge in [-0.1, -0.05) is 61.5 Å². The predicted octanol–water partition coefficient (Wildman–Crippen LogP) is 4.26. The van der Waals surface area contributed by atoms with Crippen LogP contribution in [0.2, 0.25) is 0 Å². The van der Waals surface area contributed by atoms with E-state index in [0.29, 0.717) is 19.4 Å². The molecule has 0 saturated heterocycles. The molecule has 0 fully saturated rings. The van der Waals surface area contributed by atoms with Crippen molar-refractivity contribution in [2.75, 3.05) is 25.0 Å². The van der Waals surface area contributed by atoms with Crippen LogP contribution in [0, 0.1) is 5.92 Å². The number of rotatable bonds is 14. The van der Waals surface area contributed by atoms with Crippen LogP contribution in [0.4, 0.5) is 5.69 Å². The molecule has 0 spiro atoms. The lowest BCUT2D eigenvalue weighted by Crippen LogP contribution is -2.38. The fraction of sp³-hybridized carbons (Fsp3) is 0.400.